The highest BCUT2D eigenvalue weighted by molar-refractivity contribution is 7.99. The third-order valence-electron chi connectivity index (χ3n) is 3.05. The lowest BCUT2D eigenvalue weighted by molar-refractivity contribution is 0.145. The summed E-state index contributed by atoms with van der Waals surface area (Å²) < 4.78 is 13.5. The minimum absolute atomic E-state index is 0.181. The summed E-state index contributed by atoms with van der Waals surface area (Å²) >= 11 is 1.85. The molecule has 1 aromatic carbocycles. The average molecular weight is 275 g/mol. The number of thioether (sulfide) groups is 1. The molecule has 3 nitrogen and oxygen atoms in total. The number of nitrogens with zero attached hydrogens (tertiary/aromatic N) is 1. The van der Waals surface area contributed by atoms with Crippen molar-refractivity contribution in [3.05, 3.63) is 48.3 Å². The highest BCUT2D eigenvalue weighted by atomic mass is 32.2. The highest BCUT2D eigenvalue weighted by Gasteiger charge is 2.19. The van der Waals surface area contributed by atoms with Crippen LogP contribution in [0.4, 0.5) is 0 Å². The third kappa shape index (κ3) is 2.65. The zero-order valence-corrected chi connectivity index (χ0v) is 11.7. The summed E-state index contributed by atoms with van der Waals surface area (Å²) in [5, 5.41) is 0. The van der Waals surface area contributed by atoms with Gasteiger partial charge in [-0.05, 0) is 25.1 Å². The first kappa shape index (κ1) is 12.6. The molecule has 0 saturated carbocycles. The number of rotatable bonds is 4. The largest absolute Gasteiger partial charge is 0.492 e. The van der Waals surface area contributed by atoms with Gasteiger partial charge in [0, 0.05) is 23.7 Å². The lowest BCUT2D eigenvalue weighted by atomic mass is 10.3. The molecule has 1 aliphatic rings. The van der Waals surface area contributed by atoms with E-state index in [1.807, 2.05) is 36.9 Å². The SMILES string of the molecule is CCOc1ccccc1-n1ccc([C@H]2OCCS2)c1. The van der Waals surface area contributed by atoms with Crippen LogP contribution in [0.3, 0.4) is 0 Å². The maximum absolute atomic E-state index is 5.68. The molecule has 1 aromatic heterocycles. The topological polar surface area (TPSA) is 23.4 Å². The first-order chi connectivity index (χ1) is 9.38. The number of benzene rings is 1. The number of aromatic nitrogens is 1. The summed E-state index contributed by atoms with van der Waals surface area (Å²) in [6.45, 7) is 3.52. The van der Waals surface area contributed by atoms with Gasteiger partial charge in [-0.15, -0.1) is 11.8 Å². The number of hydrogen-bond donors (Lipinski definition) is 0. The molecular formula is C15H17NO2S. The maximum atomic E-state index is 5.68. The van der Waals surface area contributed by atoms with Gasteiger partial charge in [-0.25, -0.2) is 0 Å². The summed E-state index contributed by atoms with van der Waals surface area (Å²) in [7, 11) is 0. The second-order valence-corrected chi connectivity index (χ2v) is 5.50. The van der Waals surface area contributed by atoms with Crippen LogP contribution >= 0.6 is 11.8 Å². The van der Waals surface area contributed by atoms with Crippen LogP contribution in [0.1, 0.15) is 17.9 Å². The van der Waals surface area contributed by atoms with Crippen molar-refractivity contribution in [2.75, 3.05) is 19.0 Å². The second kappa shape index (κ2) is 5.72. The van der Waals surface area contributed by atoms with Gasteiger partial charge in [-0.2, -0.15) is 0 Å². The van der Waals surface area contributed by atoms with E-state index >= 15 is 0 Å². The van der Waals surface area contributed by atoms with Crippen LogP contribution in [0.2, 0.25) is 0 Å². The maximum Gasteiger partial charge on any atom is 0.143 e. The molecule has 1 saturated heterocycles. The number of ether oxygens (including phenoxy) is 2. The zero-order valence-electron chi connectivity index (χ0n) is 10.9. The van der Waals surface area contributed by atoms with E-state index in [9.17, 15) is 0 Å². The molecule has 1 fully saturated rings. The van der Waals surface area contributed by atoms with Crippen molar-refractivity contribution in [2.45, 2.75) is 12.4 Å². The molecule has 1 atom stereocenters. The molecule has 0 radical (unpaired) electrons. The van der Waals surface area contributed by atoms with Gasteiger partial charge < -0.3 is 14.0 Å². The smallest absolute Gasteiger partial charge is 0.143 e. The third-order valence-corrected chi connectivity index (χ3v) is 4.17. The predicted octanol–water partition coefficient (Wildman–Crippen LogP) is 3.64. The van der Waals surface area contributed by atoms with E-state index in [1.165, 1.54) is 5.56 Å². The van der Waals surface area contributed by atoms with Crippen LogP contribution in [-0.4, -0.2) is 23.5 Å². The van der Waals surface area contributed by atoms with Gasteiger partial charge >= 0.3 is 0 Å². The average Bonchev–Trinajstić information content (AvgIpc) is 3.11. The van der Waals surface area contributed by atoms with Gasteiger partial charge in [0.1, 0.15) is 11.2 Å². The van der Waals surface area contributed by atoms with E-state index in [0.717, 1.165) is 23.8 Å². The molecule has 100 valence electrons. The van der Waals surface area contributed by atoms with E-state index in [1.54, 1.807) is 0 Å². The molecule has 0 bridgehead atoms. The Hall–Kier alpha value is -1.39. The van der Waals surface area contributed by atoms with Crippen LogP contribution < -0.4 is 4.74 Å². The van der Waals surface area contributed by atoms with Gasteiger partial charge in [-0.1, -0.05) is 12.1 Å². The quantitative estimate of drug-likeness (QED) is 0.851. The predicted molar refractivity (Wildman–Crippen MR) is 78.1 cm³/mol. The van der Waals surface area contributed by atoms with Crippen LogP contribution in [0.15, 0.2) is 42.7 Å². The van der Waals surface area contributed by atoms with Crippen molar-refractivity contribution >= 4 is 11.8 Å². The van der Waals surface area contributed by atoms with Crippen LogP contribution in [0, 0.1) is 0 Å². The van der Waals surface area contributed by atoms with Crippen LogP contribution in [0.25, 0.3) is 5.69 Å². The van der Waals surface area contributed by atoms with Crippen molar-refractivity contribution in [2.24, 2.45) is 0 Å². The number of para-hydroxylation sites is 2. The molecule has 0 aliphatic carbocycles. The van der Waals surface area contributed by atoms with E-state index in [4.69, 9.17) is 9.47 Å². The standard InChI is InChI=1S/C15H17NO2S/c1-2-17-14-6-4-3-5-13(14)16-8-7-12(11-16)15-18-9-10-19-15/h3-8,11,15H,2,9-10H2,1H3/t15-/m0/s1. The molecule has 2 heterocycles. The van der Waals surface area contributed by atoms with Crippen LogP contribution in [0.5, 0.6) is 5.75 Å². The normalized spacial score (nSPS) is 18.7. The summed E-state index contributed by atoms with van der Waals surface area (Å²) in [5.41, 5.74) is 2.47. The lowest BCUT2D eigenvalue weighted by Gasteiger charge is -2.11. The second-order valence-electron chi connectivity index (χ2n) is 4.33. The Labute approximate surface area is 117 Å². The Kier molecular flexibility index (Phi) is 3.80. The van der Waals surface area contributed by atoms with Crippen molar-refractivity contribution in [1.82, 2.24) is 4.57 Å². The monoisotopic (exact) mass is 275 g/mol. The molecule has 4 heteroatoms. The van der Waals surface area contributed by atoms with Crippen molar-refractivity contribution in [3.8, 4) is 11.4 Å². The minimum atomic E-state index is 0.181. The fourth-order valence-electron chi connectivity index (χ4n) is 2.20. The van der Waals surface area contributed by atoms with Gasteiger partial charge in [-0.3, -0.25) is 0 Å². The summed E-state index contributed by atoms with van der Waals surface area (Å²) in [6.07, 6.45) is 4.19. The molecule has 19 heavy (non-hydrogen) atoms. The molecule has 1 aliphatic heterocycles. The Bertz CT molecular complexity index is 547. The summed E-state index contributed by atoms with van der Waals surface area (Å²) in [4.78, 5) is 0. The van der Waals surface area contributed by atoms with E-state index in [-0.39, 0.29) is 5.44 Å². The zero-order chi connectivity index (χ0) is 13.1. The molecule has 0 amide bonds. The lowest BCUT2D eigenvalue weighted by Crippen LogP contribution is -1.98. The minimum Gasteiger partial charge on any atom is -0.492 e. The molecular weight excluding hydrogens is 258 g/mol. The van der Waals surface area contributed by atoms with Gasteiger partial charge in [0.15, 0.2) is 0 Å². The molecule has 0 unspecified atom stereocenters. The number of hydrogen-bond acceptors (Lipinski definition) is 3. The van der Waals surface area contributed by atoms with Gasteiger partial charge in [0.25, 0.3) is 0 Å². The molecule has 2 aromatic rings. The van der Waals surface area contributed by atoms with Crippen molar-refractivity contribution in [1.29, 1.82) is 0 Å². The molecule has 0 N–H and O–H groups in total. The van der Waals surface area contributed by atoms with E-state index in [2.05, 4.69) is 29.1 Å². The van der Waals surface area contributed by atoms with E-state index < -0.39 is 0 Å². The molecule has 0 spiro atoms. The molecule has 3 rings (SSSR count). The Morgan fingerprint density at radius 1 is 1.37 bits per heavy atom. The van der Waals surface area contributed by atoms with Crippen LogP contribution in [-0.2, 0) is 4.74 Å². The van der Waals surface area contributed by atoms with Crippen molar-refractivity contribution in [3.63, 3.8) is 0 Å². The first-order valence-electron chi connectivity index (χ1n) is 6.52. The Balaban J connectivity index is 1.89. The fourth-order valence-corrected chi connectivity index (χ4v) is 3.13. The summed E-state index contributed by atoms with van der Waals surface area (Å²) in [6, 6.07) is 10.2. The van der Waals surface area contributed by atoms with Crippen molar-refractivity contribution < 1.29 is 9.47 Å². The Morgan fingerprint density at radius 2 is 2.26 bits per heavy atom. The van der Waals surface area contributed by atoms with Gasteiger partial charge in [0.05, 0.1) is 18.9 Å². The first-order valence-corrected chi connectivity index (χ1v) is 7.56. The Morgan fingerprint density at radius 3 is 3.05 bits per heavy atom. The highest BCUT2D eigenvalue weighted by Crippen LogP contribution is 2.36. The fraction of sp³-hybridized carbons (Fsp3) is 0.333. The van der Waals surface area contributed by atoms with E-state index in [0.29, 0.717) is 6.61 Å². The van der Waals surface area contributed by atoms with Gasteiger partial charge in [0.2, 0.25) is 0 Å². The summed E-state index contributed by atoms with van der Waals surface area (Å²) in [5.74, 6) is 1.98.